The van der Waals surface area contributed by atoms with Crippen molar-refractivity contribution in [3.8, 4) is 0 Å². The number of benzene rings is 2. The molecule has 1 N–H and O–H groups in total. The van der Waals surface area contributed by atoms with Crippen molar-refractivity contribution in [3.63, 3.8) is 0 Å². The number of hydrogen-bond donors (Lipinski definition) is 1. The number of nitrogens with one attached hydrogen (secondary N) is 1. The first kappa shape index (κ1) is 16.6. The van der Waals surface area contributed by atoms with E-state index in [0.29, 0.717) is 16.8 Å². The molecule has 25 heavy (non-hydrogen) atoms. The number of anilines is 1. The summed E-state index contributed by atoms with van der Waals surface area (Å²) >= 11 is 0. The number of carbonyl (C=O) groups is 2. The molecule has 1 aromatic heterocycles. The smallest absolute Gasteiger partial charge is 0.255 e. The Bertz CT molecular complexity index is 905. The van der Waals surface area contributed by atoms with E-state index in [0.717, 1.165) is 11.1 Å². The molecular weight excluding hydrogens is 312 g/mol. The molecule has 0 aliphatic rings. The maximum absolute atomic E-state index is 12.6. The zero-order valence-electron chi connectivity index (χ0n) is 13.9. The summed E-state index contributed by atoms with van der Waals surface area (Å²) in [5.74, 6) is -0.284. The minimum absolute atomic E-state index is 0.0614. The molecule has 0 radical (unpaired) electrons. The SMILES string of the molecule is Cc1ccccc1C(=O)Nc1ccccc1C(=O)Cc1cccnc1. The number of amides is 1. The third-order valence-corrected chi connectivity index (χ3v) is 3.95. The topological polar surface area (TPSA) is 59.1 Å². The first-order chi connectivity index (χ1) is 12.1. The predicted molar refractivity (Wildman–Crippen MR) is 97.8 cm³/mol. The van der Waals surface area contributed by atoms with Gasteiger partial charge in [-0.15, -0.1) is 0 Å². The molecule has 0 unspecified atom stereocenters. The largest absolute Gasteiger partial charge is 0.321 e. The molecule has 0 saturated carbocycles. The van der Waals surface area contributed by atoms with E-state index in [2.05, 4.69) is 10.3 Å². The quantitative estimate of drug-likeness (QED) is 0.718. The fourth-order valence-corrected chi connectivity index (χ4v) is 2.64. The van der Waals surface area contributed by atoms with E-state index >= 15 is 0 Å². The molecule has 4 nitrogen and oxygen atoms in total. The number of rotatable bonds is 5. The number of para-hydroxylation sites is 1. The van der Waals surface area contributed by atoms with Gasteiger partial charge in [-0.2, -0.15) is 0 Å². The second-order valence-electron chi connectivity index (χ2n) is 5.78. The van der Waals surface area contributed by atoms with E-state index in [9.17, 15) is 9.59 Å². The van der Waals surface area contributed by atoms with Crippen LogP contribution in [0.15, 0.2) is 73.1 Å². The fraction of sp³-hybridized carbons (Fsp3) is 0.0952. The highest BCUT2D eigenvalue weighted by atomic mass is 16.1. The third-order valence-electron chi connectivity index (χ3n) is 3.95. The van der Waals surface area contributed by atoms with Gasteiger partial charge in [0, 0.05) is 29.9 Å². The van der Waals surface area contributed by atoms with Crippen molar-refractivity contribution in [2.24, 2.45) is 0 Å². The van der Waals surface area contributed by atoms with Crippen LogP contribution in [0.25, 0.3) is 0 Å². The Morgan fingerprint density at radius 1 is 0.920 bits per heavy atom. The lowest BCUT2D eigenvalue weighted by Crippen LogP contribution is -2.16. The van der Waals surface area contributed by atoms with Gasteiger partial charge in [0.25, 0.3) is 5.91 Å². The molecule has 0 saturated heterocycles. The summed E-state index contributed by atoms with van der Waals surface area (Å²) in [6, 6.07) is 18.1. The van der Waals surface area contributed by atoms with Crippen molar-refractivity contribution in [1.29, 1.82) is 0 Å². The van der Waals surface area contributed by atoms with Gasteiger partial charge in [-0.3, -0.25) is 14.6 Å². The van der Waals surface area contributed by atoms with Gasteiger partial charge >= 0.3 is 0 Å². The lowest BCUT2D eigenvalue weighted by molar-refractivity contribution is 0.0993. The normalized spacial score (nSPS) is 10.3. The van der Waals surface area contributed by atoms with Crippen molar-refractivity contribution in [2.75, 3.05) is 5.32 Å². The van der Waals surface area contributed by atoms with Crippen LogP contribution in [-0.4, -0.2) is 16.7 Å². The molecule has 0 aliphatic heterocycles. The average molecular weight is 330 g/mol. The Morgan fingerprint density at radius 2 is 1.64 bits per heavy atom. The second-order valence-corrected chi connectivity index (χ2v) is 5.78. The molecule has 0 atom stereocenters. The van der Waals surface area contributed by atoms with Gasteiger partial charge in [-0.25, -0.2) is 0 Å². The molecule has 124 valence electrons. The Balaban J connectivity index is 1.82. The standard InChI is InChI=1S/C21H18N2O2/c1-15-7-2-3-9-17(15)21(25)23-19-11-5-4-10-18(19)20(24)13-16-8-6-12-22-14-16/h2-12,14H,13H2,1H3,(H,23,25). The summed E-state index contributed by atoms with van der Waals surface area (Å²) in [5.41, 5.74) is 3.33. The first-order valence-corrected chi connectivity index (χ1v) is 8.03. The van der Waals surface area contributed by atoms with E-state index in [4.69, 9.17) is 0 Å². The van der Waals surface area contributed by atoms with Gasteiger partial charge in [0.2, 0.25) is 0 Å². The minimum atomic E-state index is -0.222. The Kier molecular flexibility index (Phi) is 5.00. The number of Topliss-reactive ketones (excluding diaryl/α,β-unsaturated/α-hetero) is 1. The van der Waals surface area contributed by atoms with E-state index < -0.39 is 0 Å². The van der Waals surface area contributed by atoms with Crippen LogP contribution in [0, 0.1) is 6.92 Å². The summed E-state index contributed by atoms with van der Waals surface area (Å²) in [5, 5.41) is 2.86. The van der Waals surface area contributed by atoms with Crippen molar-refractivity contribution in [1.82, 2.24) is 4.98 Å². The molecule has 0 spiro atoms. The van der Waals surface area contributed by atoms with Crippen molar-refractivity contribution >= 4 is 17.4 Å². The van der Waals surface area contributed by atoms with Crippen LogP contribution < -0.4 is 5.32 Å². The van der Waals surface area contributed by atoms with Crippen LogP contribution in [0.3, 0.4) is 0 Å². The number of hydrogen-bond acceptors (Lipinski definition) is 3. The molecule has 0 bridgehead atoms. The molecule has 2 aromatic carbocycles. The van der Waals surface area contributed by atoms with E-state index in [-0.39, 0.29) is 18.1 Å². The number of aromatic nitrogens is 1. The summed E-state index contributed by atoms with van der Waals surface area (Å²) in [6.45, 7) is 1.88. The van der Waals surface area contributed by atoms with Gasteiger partial charge in [-0.1, -0.05) is 36.4 Å². The lowest BCUT2D eigenvalue weighted by atomic mass is 10.0. The van der Waals surface area contributed by atoms with Gasteiger partial charge in [0.1, 0.15) is 0 Å². The third kappa shape index (κ3) is 3.98. The maximum atomic E-state index is 12.6. The van der Waals surface area contributed by atoms with Gasteiger partial charge in [0.05, 0.1) is 5.69 Å². The first-order valence-electron chi connectivity index (χ1n) is 8.03. The van der Waals surface area contributed by atoms with E-state index in [1.165, 1.54) is 0 Å². The highest BCUT2D eigenvalue weighted by molar-refractivity contribution is 6.10. The highest BCUT2D eigenvalue weighted by Gasteiger charge is 2.15. The van der Waals surface area contributed by atoms with Gasteiger partial charge < -0.3 is 5.32 Å². The van der Waals surface area contributed by atoms with Crippen LogP contribution in [0.1, 0.15) is 31.8 Å². The molecule has 3 rings (SSSR count). The predicted octanol–water partition coefficient (Wildman–Crippen LogP) is 4.07. The lowest BCUT2D eigenvalue weighted by Gasteiger charge is -2.11. The van der Waals surface area contributed by atoms with Crippen molar-refractivity contribution < 1.29 is 9.59 Å². The maximum Gasteiger partial charge on any atom is 0.255 e. The highest BCUT2D eigenvalue weighted by Crippen LogP contribution is 2.19. The molecule has 3 aromatic rings. The monoisotopic (exact) mass is 330 g/mol. The molecule has 1 amide bonds. The Morgan fingerprint density at radius 3 is 2.36 bits per heavy atom. The summed E-state index contributed by atoms with van der Waals surface area (Å²) in [4.78, 5) is 29.2. The van der Waals surface area contributed by atoms with Crippen LogP contribution in [-0.2, 0) is 6.42 Å². The average Bonchev–Trinajstić information content (AvgIpc) is 2.63. The van der Waals surface area contributed by atoms with Crippen LogP contribution >= 0.6 is 0 Å². The minimum Gasteiger partial charge on any atom is -0.321 e. The summed E-state index contributed by atoms with van der Waals surface area (Å²) in [7, 11) is 0. The van der Waals surface area contributed by atoms with Crippen LogP contribution in [0.5, 0.6) is 0 Å². The van der Waals surface area contributed by atoms with Gasteiger partial charge in [0.15, 0.2) is 5.78 Å². The molecule has 0 aliphatic carbocycles. The molecule has 0 fully saturated rings. The van der Waals surface area contributed by atoms with Crippen LogP contribution in [0.2, 0.25) is 0 Å². The Labute approximate surface area is 146 Å². The Hall–Kier alpha value is -3.27. The second kappa shape index (κ2) is 7.53. The number of carbonyl (C=O) groups excluding carboxylic acids is 2. The molecule has 4 heteroatoms. The number of ketones is 1. The molecule has 1 heterocycles. The summed E-state index contributed by atoms with van der Waals surface area (Å²) in [6.07, 6.45) is 3.59. The van der Waals surface area contributed by atoms with E-state index in [1.54, 1.807) is 48.8 Å². The van der Waals surface area contributed by atoms with Crippen molar-refractivity contribution in [3.05, 3.63) is 95.3 Å². The number of nitrogens with zero attached hydrogens (tertiary/aromatic N) is 1. The van der Waals surface area contributed by atoms with Gasteiger partial charge in [-0.05, 0) is 42.3 Å². The zero-order valence-corrected chi connectivity index (χ0v) is 13.9. The molecular formula is C21H18N2O2. The van der Waals surface area contributed by atoms with Crippen molar-refractivity contribution in [2.45, 2.75) is 13.3 Å². The number of pyridine rings is 1. The summed E-state index contributed by atoms with van der Waals surface area (Å²) < 4.78 is 0. The van der Waals surface area contributed by atoms with Crippen LogP contribution in [0.4, 0.5) is 5.69 Å². The number of aryl methyl sites for hydroxylation is 1. The van der Waals surface area contributed by atoms with E-state index in [1.807, 2.05) is 31.2 Å². The fourth-order valence-electron chi connectivity index (χ4n) is 2.64. The zero-order chi connectivity index (χ0) is 17.6.